The fourth-order valence-corrected chi connectivity index (χ4v) is 2.26. The minimum Gasteiger partial charge on any atom is -0.445 e. The molecule has 1 saturated heterocycles. The van der Waals surface area contributed by atoms with Gasteiger partial charge in [0, 0.05) is 13.1 Å². The van der Waals surface area contributed by atoms with E-state index in [2.05, 4.69) is 10.2 Å². The molecule has 0 saturated carbocycles. The molecule has 0 unspecified atom stereocenters. The van der Waals surface area contributed by atoms with Crippen molar-refractivity contribution in [1.82, 2.24) is 10.2 Å². The van der Waals surface area contributed by atoms with Crippen LogP contribution in [0.25, 0.3) is 0 Å². The van der Waals surface area contributed by atoms with E-state index in [4.69, 9.17) is 17.0 Å². The number of rotatable bonds is 4. The molecule has 4 nitrogen and oxygen atoms in total. The highest BCUT2D eigenvalue weighted by atomic mass is 32.1. The molecule has 0 spiro atoms. The molecule has 0 aliphatic carbocycles. The lowest BCUT2D eigenvalue weighted by Gasteiger charge is -2.18. The van der Waals surface area contributed by atoms with Crippen molar-refractivity contribution in [2.75, 3.05) is 19.6 Å². The standard InChI is InChI=1S/C14H18N2O2S/c17-14(18-11-12-6-2-1-3-7-12)15-10-13(19)16-8-4-5-9-16/h1-3,6-7H,4-5,8-11H2,(H,15,17). The van der Waals surface area contributed by atoms with Crippen LogP contribution in [0, 0.1) is 0 Å². The number of nitrogens with zero attached hydrogens (tertiary/aromatic N) is 1. The van der Waals surface area contributed by atoms with E-state index in [-0.39, 0.29) is 6.61 Å². The van der Waals surface area contributed by atoms with E-state index in [9.17, 15) is 4.79 Å². The first kappa shape index (κ1) is 13.8. The topological polar surface area (TPSA) is 41.6 Å². The number of carbonyl (C=O) groups is 1. The van der Waals surface area contributed by atoms with Crippen LogP contribution in [-0.4, -0.2) is 35.6 Å². The van der Waals surface area contributed by atoms with Gasteiger partial charge < -0.3 is 15.0 Å². The lowest BCUT2D eigenvalue weighted by molar-refractivity contribution is 0.141. The molecule has 0 aromatic heterocycles. The van der Waals surface area contributed by atoms with E-state index in [0.717, 1.165) is 23.6 Å². The molecule has 5 heteroatoms. The molecule has 19 heavy (non-hydrogen) atoms. The first-order valence-corrected chi connectivity index (χ1v) is 6.89. The number of carbonyl (C=O) groups excluding carboxylic acids is 1. The Kier molecular flexibility index (Phi) is 5.15. The van der Waals surface area contributed by atoms with Gasteiger partial charge in [0.25, 0.3) is 0 Å². The van der Waals surface area contributed by atoms with E-state index < -0.39 is 6.09 Å². The lowest BCUT2D eigenvalue weighted by Crippen LogP contribution is -2.37. The van der Waals surface area contributed by atoms with Gasteiger partial charge in [0.05, 0.1) is 11.5 Å². The predicted molar refractivity (Wildman–Crippen MR) is 78.0 cm³/mol. The Hall–Kier alpha value is -1.62. The van der Waals surface area contributed by atoms with Crippen LogP contribution in [0.15, 0.2) is 30.3 Å². The Morgan fingerprint density at radius 3 is 2.63 bits per heavy atom. The highest BCUT2D eigenvalue weighted by Gasteiger charge is 2.15. The molecule has 1 aliphatic rings. The van der Waals surface area contributed by atoms with Crippen LogP contribution in [0.1, 0.15) is 18.4 Å². The van der Waals surface area contributed by atoms with Gasteiger partial charge >= 0.3 is 6.09 Å². The summed E-state index contributed by atoms with van der Waals surface area (Å²) >= 11 is 5.27. The minimum absolute atomic E-state index is 0.281. The Morgan fingerprint density at radius 1 is 1.26 bits per heavy atom. The van der Waals surface area contributed by atoms with Gasteiger partial charge in [-0.1, -0.05) is 42.5 Å². The fraction of sp³-hybridized carbons (Fsp3) is 0.429. The first-order chi connectivity index (χ1) is 9.25. The van der Waals surface area contributed by atoms with Crippen LogP contribution in [0.2, 0.25) is 0 Å². The Morgan fingerprint density at radius 2 is 1.95 bits per heavy atom. The van der Waals surface area contributed by atoms with Crippen molar-refractivity contribution in [3.63, 3.8) is 0 Å². The van der Waals surface area contributed by atoms with Crippen LogP contribution < -0.4 is 5.32 Å². The molecular weight excluding hydrogens is 260 g/mol. The summed E-state index contributed by atoms with van der Waals surface area (Å²) in [4.78, 5) is 14.4. The number of nitrogens with one attached hydrogen (secondary N) is 1. The Balaban J connectivity index is 1.65. The number of alkyl carbamates (subject to hydrolysis) is 1. The SMILES string of the molecule is O=C(NCC(=S)N1CCCC1)OCc1ccccc1. The summed E-state index contributed by atoms with van der Waals surface area (Å²) in [6, 6.07) is 9.60. The van der Waals surface area contributed by atoms with Gasteiger partial charge in [-0.05, 0) is 18.4 Å². The van der Waals surface area contributed by atoms with Crippen LogP contribution >= 0.6 is 12.2 Å². The summed E-state index contributed by atoms with van der Waals surface area (Å²) in [5.41, 5.74) is 0.972. The third-order valence-corrected chi connectivity index (χ3v) is 3.46. The second-order valence-electron chi connectivity index (χ2n) is 4.50. The summed E-state index contributed by atoms with van der Waals surface area (Å²) in [5, 5.41) is 2.69. The molecule has 1 aromatic carbocycles. The van der Waals surface area contributed by atoms with E-state index in [1.807, 2.05) is 30.3 Å². The Bertz CT molecular complexity index is 430. The molecule has 102 valence electrons. The van der Waals surface area contributed by atoms with Gasteiger partial charge in [-0.2, -0.15) is 0 Å². The molecule has 1 N–H and O–H groups in total. The van der Waals surface area contributed by atoms with Gasteiger partial charge in [0.2, 0.25) is 0 Å². The van der Waals surface area contributed by atoms with Crippen LogP contribution in [0.4, 0.5) is 4.79 Å². The predicted octanol–water partition coefficient (Wildman–Crippen LogP) is 2.34. The number of likely N-dealkylation sites (tertiary alicyclic amines) is 1. The van der Waals surface area contributed by atoms with Crippen molar-refractivity contribution < 1.29 is 9.53 Å². The van der Waals surface area contributed by atoms with Gasteiger partial charge in [-0.15, -0.1) is 0 Å². The number of amides is 1. The quantitative estimate of drug-likeness (QED) is 0.858. The molecule has 0 atom stereocenters. The minimum atomic E-state index is -0.426. The largest absolute Gasteiger partial charge is 0.445 e. The highest BCUT2D eigenvalue weighted by Crippen LogP contribution is 2.08. The van der Waals surface area contributed by atoms with Gasteiger partial charge in [0.15, 0.2) is 0 Å². The van der Waals surface area contributed by atoms with E-state index >= 15 is 0 Å². The van der Waals surface area contributed by atoms with Crippen molar-refractivity contribution in [3.05, 3.63) is 35.9 Å². The molecule has 0 radical (unpaired) electrons. The zero-order chi connectivity index (χ0) is 13.5. The van der Waals surface area contributed by atoms with Gasteiger partial charge in [-0.25, -0.2) is 4.79 Å². The fourth-order valence-electron chi connectivity index (χ4n) is 2.00. The number of hydrogen-bond donors (Lipinski definition) is 1. The molecule has 1 heterocycles. The third kappa shape index (κ3) is 4.52. The molecule has 2 rings (SSSR count). The van der Waals surface area contributed by atoms with Gasteiger partial charge in [0.1, 0.15) is 6.61 Å². The molecule has 1 amide bonds. The number of ether oxygens (including phenoxy) is 1. The number of thiocarbonyl (C=S) groups is 1. The van der Waals surface area contributed by atoms with Crippen LogP contribution in [0.5, 0.6) is 0 Å². The van der Waals surface area contributed by atoms with E-state index in [1.54, 1.807) is 0 Å². The number of hydrogen-bond acceptors (Lipinski definition) is 3. The van der Waals surface area contributed by atoms with E-state index in [0.29, 0.717) is 6.54 Å². The average Bonchev–Trinajstić information content (AvgIpc) is 2.98. The average molecular weight is 278 g/mol. The maximum absolute atomic E-state index is 11.5. The summed E-state index contributed by atoms with van der Waals surface area (Å²) in [7, 11) is 0. The molecule has 1 aliphatic heterocycles. The lowest BCUT2D eigenvalue weighted by atomic mass is 10.2. The van der Waals surface area contributed by atoms with Crippen molar-refractivity contribution >= 4 is 23.3 Å². The normalized spacial score (nSPS) is 14.2. The zero-order valence-electron chi connectivity index (χ0n) is 10.8. The Labute approximate surface area is 118 Å². The molecular formula is C14H18N2O2S. The van der Waals surface area contributed by atoms with Crippen LogP contribution in [-0.2, 0) is 11.3 Å². The summed E-state index contributed by atoms with van der Waals surface area (Å²) < 4.78 is 5.11. The first-order valence-electron chi connectivity index (χ1n) is 6.48. The second kappa shape index (κ2) is 7.09. The molecule has 1 fully saturated rings. The van der Waals surface area contributed by atoms with Crippen molar-refractivity contribution in [1.29, 1.82) is 0 Å². The maximum atomic E-state index is 11.5. The summed E-state index contributed by atoms with van der Waals surface area (Å²) in [6.45, 7) is 2.66. The highest BCUT2D eigenvalue weighted by molar-refractivity contribution is 7.80. The maximum Gasteiger partial charge on any atom is 0.407 e. The zero-order valence-corrected chi connectivity index (χ0v) is 11.6. The monoisotopic (exact) mass is 278 g/mol. The molecule has 1 aromatic rings. The smallest absolute Gasteiger partial charge is 0.407 e. The van der Waals surface area contributed by atoms with Gasteiger partial charge in [-0.3, -0.25) is 0 Å². The summed E-state index contributed by atoms with van der Waals surface area (Å²) in [5.74, 6) is 0. The second-order valence-corrected chi connectivity index (χ2v) is 4.97. The molecule has 0 bridgehead atoms. The third-order valence-electron chi connectivity index (χ3n) is 3.06. The van der Waals surface area contributed by atoms with E-state index in [1.165, 1.54) is 12.8 Å². The van der Waals surface area contributed by atoms with Crippen molar-refractivity contribution in [2.24, 2.45) is 0 Å². The van der Waals surface area contributed by atoms with Crippen molar-refractivity contribution in [2.45, 2.75) is 19.4 Å². The van der Waals surface area contributed by atoms with Crippen LogP contribution in [0.3, 0.4) is 0 Å². The summed E-state index contributed by atoms with van der Waals surface area (Å²) in [6.07, 6.45) is 1.93. The van der Waals surface area contributed by atoms with Crippen molar-refractivity contribution in [3.8, 4) is 0 Å². The number of benzene rings is 1.